The standard InChI is InChI=1S/C15H22N4OS/c1-12-14(21-11-18-12)10-19(2)15-5-4-13(9-17-15)8-16-6-7-20-3/h4-5,9,11,16H,6-8,10H2,1-3H3. The third-order valence-corrected chi connectivity index (χ3v) is 4.16. The summed E-state index contributed by atoms with van der Waals surface area (Å²) >= 11 is 1.69. The third kappa shape index (κ3) is 4.77. The molecule has 0 fully saturated rings. The lowest BCUT2D eigenvalue weighted by Gasteiger charge is -2.17. The molecule has 0 saturated carbocycles. The molecule has 0 unspecified atom stereocenters. The molecule has 21 heavy (non-hydrogen) atoms. The van der Waals surface area contributed by atoms with Gasteiger partial charge >= 0.3 is 0 Å². The van der Waals surface area contributed by atoms with Crippen LogP contribution in [0.25, 0.3) is 0 Å². The summed E-state index contributed by atoms with van der Waals surface area (Å²) in [6, 6.07) is 4.17. The van der Waals surface area contributed by atoms with Gasteiger partial charge < -0.3 is 15.0 Å². The summed E-state index contributed by atoms with van der Waals surface area (Å²) in [6.07, 6.45) is 1.92. The molecule has 2 heterocycles. The maximum absolute atomic E-state index is 5.00. The molecule has 1 N–H and O–H groups in total. The lowest BCUT2D eigenvalue weighted by molar-refractivity contribution is 0.199. The van der Waals surface area contributed by atoms with Crippen LogP contribution in [0.1, 0.15) is 16.1 Å². The Morgan fingerprint density at radius 1 is 1.33 bits per heavy atom. The number of nitrogens with zero attached hydrogens (tertiary/aromatic N) is 3. The van der Waals surface area contributed by atoms with Gasteiger partial charge in [0.15, 0.2) is 0 Å². The molecule has 2 aromatic rings. The summed E-state index contributed by atoms with van der Waals surface area (Å²) in [5.41, 5.74) is 4.17. The largest absolute Gasteiger partial charge is 0.383 e. The Morgan fingerprint density at radius 2 is 2.19 bits per heavy atom. The molecule has 0 radical (unpaired) electrons. The van der Waals surface area contributed by atoms with Crippen molar-refractivity contribution in [2.45, 2.75) is 20.0 Å². The lowest BCUT2D eigenvalue weighted by Crippen LogP contribution is -2.19. The Labute approximate surface area is 130 Å². The van der Waals surface area contributed by atoms with Gasteiger partial charge in [-0.05, 0) is 18.6 Å². The van der Waals surface area contributed by atoms with Gasteiger partial charge in [0.25, 0.3) is 0 Å². The van der Waals surface area contributed by atoms with Crippen molar-refractivity contribution in [2.75, 3.05) is 32.2 Å². The van der Waals surface area contributed by atoms with Crippen molar-refractivity contribution < 1.29 is 4.74 Å². The van der Waals surface area contributed by atoms with Crippen LogP contribution in [0.5, 0.6) is 0 Å². The first-order valence-electron chi connectivity index (χ1n) is 6.95. The molecule has 0 spiro atoms. The molecule has 0 aliphatic rings. The minimum atomic E-state index is 0.725. The monoisotopic (exact) mass is 306 g/mol. The first-order valence-corrected chi connectivity index (χ1v) is 7.83. The van der Waals surface area contributed by atoms with Crippen LogP contribution in [0.4, 0.5) is 5.82 Å². The van der Waals surface area contributed by atoms with Gasteiger partial charge in [0.1, 0.15) is 5.82 Å². The zero-order valence-electron chi connectivity index (χ0n) is 12.8. The van der Waals surface area contributed by atoms with Crippen LogP contribution in [-0.4, -0.2) is 37.3 Å². The molecule has 0 aliphatic carbocycles. The molecule has 0 atom stereocenters. The average Bonchev–Trinajstić information content (AvgIpc) is 2.89. The quantitative estimate of drug-likeness (QED) is 0.758. The summed E-state index contributed by atoms with van der Waals surface area (Å²) in [5, 5.41) is 3.31. The summed E-state index contributed by atoms with van der Waals surface area (Å²) in [4.78, 5) is 12.2. The van der Waals surface area contributed by atoms with Gasteiger partial charge in [-0.25, -0.2) is 9.97 Å². The maximum Gasteiger partial charge on any atom is 0.128 e. The van der Waals surface area contributed by atoms with Crippen LogP contribution in [0.15, 0.2) is 23.8 Å². The molecular formula is C15H22N4OS. The van der Waals surface area contributed by atoms with E-state index in [2.05, 4.69) is 39.4 Å². The van der Waals surface area contributed by atoms with E-state index in [0.29, 0.717) is 0 Å². The highest BCUT2D eigenvalue weighted by molar-refractivity contribution is 7.09. The van der Waals surface area contributed by atoms with Gasteiger partial charge in [0.2, 0.25) is 0 Å². The van der Waals surface area contributed by atoms with E-state index in [1.165, 1.54) is 10.4 Å². The van der Waals surface area contributed by atoms with E-state index in [4.69, 9.17) is 4.74 Å². The molecule has 0 aromatic carbocycles. The van der Waals surface area contributed by atoms with Crippen molar-refractivity contribution in [2.24, 2.45) is 0 Å². The minimum absolute atomic E-state index is 0.725. The van der Waals surface area contributed by atoms with Crippen LogP contribution < -0.4 is 10.2 Å². The number of methoxy groups -OCH3 is 1. The molecular weight excluding hydrogens is 284 g/mol. The predicted octanol–water partition coefficient (Wildman–Crippen LogP) is 2.22. The molecule has 0 bridgehead atoms. The number of aromatic nitrogens is 2. The fourth-order valence-corrected chi connectivity index (χ4v) is 2.76. The van der Waals surface area contributed by atoms with Crippen molar-refractivity contribution in [1.82, 2.24) is 15.3 Å². The van der Waals surface area contributed by atoms with Crippen LogP contribution in [0.3, 0.4) is 0 Å². The molecule has 5 nitrogen and oxygen atoms in total. The molecule has 2 rings (SSSR count). The number of nitrogens with one attached hydrogen (secondary N) is 1. The summed E-state index contributed by atoms with van der Waals surface area (Å²) in [7, 11) is 3.76. The number of aryl methyl sites for hydroxylation is 1. The van der Waals surface area contributed by atoms with Crippen molar-refractivity contribution in [1.29, 1.82) is 0 Å². The zero-order chi connectivity index (χ0) is 15.1. The van der Waals surface area contributed by atoms with Gasteiger partial charge in [-0.2, -0.15) is 0 Å². The molecule has 0 amide bonds. The normalized spacial score (nSPS) is 10.8. The smallest absolute Gasteiger partial charge is 0.128 e. The Kier molecular flexibility index (Phi) is 6.10. The highest BCUT2D eigenvalue weighted by Gasteiger charge is 2.07. The number of pyridine rings is 1. The van der Waals surface area contributed by atoms with Crippen molar-refractivity contribution in [3.63, 3.8) is 0 Å². The first-order chi connectivity index (χ1) is 10.2. The fourth-order valence-electron chi connectivity index (χ4n) is 1.93. The van der Waals surface area contributed by atoms with Crippen LogP contribution >= 0.6 is 11.3 Å². The second-order valence-corrected chi connectivity index (χ2v) is 5.85. The summed E-state index contributed by atoms with van der Waals surface area (Å²) in [5.74, 6) is 0.975. The Bertz CT molecular complexity index is 541. The van der Waals surface area contributed by atoms with E-state index in [1.54, 1.807) is 18.4 Å². The van der Waals surface area contributed by atoms with Crippen LogP contribution in [0.2, 0.25) is 0 Å². The Morgan fingerprint density at radius 3 is 2.81 bits per heavy atom. The number of hydrogen-bond acceptors (Lipinski definition) is 6. The third-order valence-electron chi connectivity index (χ3n) is 3.24. The number of anilines is 1. The van der Waals surface area contributed by atoms with E-state index in [9.17, 15) is 0 Å². The molecule has 6 heteroatoms. The average molecular weight is 306 g/mol. The van der Waals surface area contributed by atoms with Crippen molar-refractivity contribution in [3.8, 4) is 0 Å². The molecule has 0 saturated heterocycles. The predicted molar refractivity (Wildman–Crippen MR) is 86.8 cm³/mol. The Balaban J connectivity index is 1.87. The molecule has 0 aliphatic heterocycles. The van der Waals surface area contributed by atoms with Crippen LogP contribution in [0, 0.1) is 6.92 Å². The van der Waals surface area contributed by atoms with E-state index in [0.717, 1.165) is 37.8 Å². The highest BCUT2D eigenvalue weighted by Crippen LogP contribution is 2.18. The van der Waals surface area contributed by atoms with Crippen molar-refractivity contribution in [3.05, 3.63) is 40.0 Å². The Hall–Kier alpha value is -1.50. The minimum Gasteiger partial charge on any atom is -0.383 e. The van der Waals surface area contributed by atoms with Gasteiger partial charge in [-0.15, -0.1) is 11.3 Å². The van der Waals surface area contributed by atoms with E-state index in [-0.39, 0.29) is 0 Å². The number of ether oxygens (including phenoxy) is 1. The van der Waals surface area contributed by atoms with Crippen LogP contribution in [-0.2, 0) is 17.8 Å². The lowest BCUT2D eigenvalue weighted by atomic mass is 10.2. The zero-order valence-corrected chi connectivity index (χ0v) is 13.6. The first kappa shape index (κ1) is 15.9. The number of rotatable bonds is 8. The summed E-state index contributed by atoms with van der Waals surface area (Å²) < 4.78 is 5.00. The van der Waals surface area contributed by atoms with E-state index in [1.807, 2.05) is 18.6 Å². The van der Waals surface area contributed by atoms with Gasteiger partial charge in [0, 0.05) is 38.3 Å². The molecule has 114 valence electrons. The second-order valence-electron chi connectivity index (χ2n) is 4.91. The maximum atomic E-state index is 5.00. The van der Waals surface area contributed by atoms with Crippen molar-refractivity contribution >= 4 is 17.2 Å². The molecule has 2 aromatic heterocycles. The van der Waals surface area contributed by atoms with E-state index < -0.39 is 0 Å². The number of hydrogen-bond donors (Lipinski definition) is 1. The van der Waals surface area contributed by atoms with Gasteiger partial charge in [-0.1, -0.05) is 6.07 Å². The summed E-state index contributed by atoms with van der Waals surface area (Å²) in [6.45, 7) is 5.27. The highest BCUT2D eigenvalue weighted by atomic mass is 32.1. The van der Waals surface area contributed by atoms with Gasteiger partial charge in [-0.3, -0.25) is 0 Å². The van der Waals surface area contributed by atoms with Gasteiger partial charge in [0.05, 0.1) is 24.4 Å². The topological polar surface area (TPSA) is 50.3 Å². The fraction of sp³-hybridized carbons (Fsp3) is 0.467. The van der Waals surface area contributed by atoms with E-state index >= 15 is 0 Å². The number of thiazole rings is 1. The SMILES string of the molecule is COCCNCc1ccc(N(C)Cc2scnc2C)nc1. The second kappa shape index (κ2) is 8.07.